The van der Waals surface area contributed by atoms with Crippen molar-refractivity contribution in [3.8, 4) is 0 Å². The topological polar surface area (TPSA) is 49.4 Å². The van der Waals surface area contributed by atoms with Crippen molar-refractivity contribution in [1.82, 2.24) is 5.32 Å². The first-order valence-corrected chi connectivity index (χ1v) is 8.90. The van der Waals surface area contributed by atoms with Crippen molar-refractivity contribution >= 4 is 15.7 Å². The number of benzene rings is 1. The second-order valence-electron chi connectivity index (χ2n) is 4.88. The third-order valence-corrected chi connectivity index (χ3v) is 5.15. The van der Waals surface area contributed by atoms with Gasteiger partial charge >= 0.3 is 0 Å². The lowest BCUT2D eigenvalue weighted by atomic mass is 10.2. The van der Waals surface area contributed by atoms with E-state index in [1.807, 2.05) is 45.0 Å². The lowest BCUT2D eigenvalue weighted by Crippen LogP contribution is -2.33. The predicted octanol–water partition coefficient (Wildman–Crippen LogP) is 2.54. The SMILES string of the molecule is CCNCCCCS(=O)(=O)N(CC)c1ccc(C)cc1. The molecular formula is C15H26N2O2S. The molecule has 1 aromatic carbocycles. The van der Waals surface area contributed by atoms with Gasteiger partial charge in [0.05, 0.1) is 11.4 Å². The van der Waals surface area contributed by atoms with Gasteiger partial charge in [0.15, 0.2) is 0 Å². The van der Waals surface area contributed by atoms with Crippen LogP contribution in [0.15, 0.2) is 24.3 Å². The van der Waals surface area contributed by atoms with Gasteiger partial charge in [0.25, 0.3) is 0 Å². The van der Waals surface area contributed by atoms with Gasteiger partial charge in [-0.2, -0.15) is 0 Å². The summed E-state index contributed by atoms with van der Waals surface area (Å²) in [6.45, 7) is 8.19. The molecule has 0 unspecified atom stereocenters. The highest BCUT2D eigenvalue weighted by atomic mass is 32.2. The number of hydrogen-bond donors (Lipinski definition) is 1. The minimum Gasteiger partial charge on any atom is -0.317 e. The molecule has 0 spiro atoms. The summed E-state index contributed by atoms with van der Waals surface area (Å²) in [5.41, 5.74) is 1.89. The van der Waals surface area contributed by atoms with Gasteiger partial charge in [0.1, 0.15) is 0 Å². The van der Waals surface area contributed by atoms with E-state index >= 15 is 0 Å². The zero-order valence-electron chi connectivity index (χ0n) is 12.7. The largest absolute Gasteiger partial charge is 0.317 e. The maximum absolute atomic E-state index is 12.4. The maximum Gasteiger partial charge on any atom is 0.235 e. The summed E-state index contributed by atoms with van der Waals surface area (Å²) < 4.78 is 26.3. The predicted molar refractivity (Wildman–Crippen MR) is 85.8 cm³/mol. The third kappa shape index (κ3) is 5.13. The molecule has 20 heavy (non-hydrogen) atoms. The van der Waals surface area contributed by atoms with E-state index in [1.54, 1.807) is 0 Å². The number of anilines is 1. The van der Waals surface area contributed by atoms with Gasteiger partial charge < -0.3 is 5.32 Å². The summed E-state index contributed by atoms with van der Waals surface area (Å²) in [5, 5.41) is 3.21. The second-order valence-corrected chi connectivity index (χ2v) is 6.89. The van der Waals surface area contributed by atoms with E-state index < -0.39 is 10.0 Å². The molecule has 0 radical (unpaired) electrons. The van der Waals surface area contributed by atoms with Crippen molar-refractivity contribution in [2.45, 2.75) is 33.6 Å². The zero-order chi connectivity index (χ0) is 15.0. The van der Waals surface area contributed by atoms with E-state index in [9.17, 15) is 8.42 Å². The van der Waals surface area contributed by atoms with Crippen LogP contribution >= 0.6 is 0 Å². The first-order valence-electron chi connectivity index (χ1n) is 7.29. The van der Waals surface area contributed by atoms with Gasteiger partial charge in [0.2, 0.25) is 10.0 Å². The van der Waals surface area contributed by atoms with Gasteiger partial charge in [-0.05, 0) is 51.9 Å². The molecule has 0 bridgehead atoms. The number of rotatable bonds is 9. The van der Waals surface area contributed by atoms with E-state index in [0.717, 1.165) is 30.8 Å². The molecule has 0 saturated heterocycles. The van der Waals surface area contributed by atoms with E-state index in [2.05, 4.69) is 5.32 Å². The second kappa shape index (κ2) is 8.27. The normalized spacial score (nSPS) is 11.6. The summed E-state index contributed by atoms with van der Waals surface area (Å²) in [6.07, 6.45) is 1.58. The van der Waals surface area contributed by atoms with E-state index in [-0.39, 0.29) is 5.75 Å². The average Bonchev–Trinajstić information content (AvgIpc) is 2.41. The van der Waals surface area contributed by atoms with Gasteiger partial charge in [-0.3, -0.25) is 4.31 Å². The molecular weight excluding hydrogens is 272 g/mol. The molecule has 0 saturated carbocycles. The first-order chi connectivity index (χ1) is 9.51. The highest BCUT2D eigenvalue weighted by Crippen LogP contribution is 2.19. The van der Waals surface area contributed by atoms with E-state index in [4.69, 9.17) is 0 Å². The average molecular weight is 298 g/mol. The molecule has 0 heterocycles. The van der Waals surface area contributed by atoms with E-state index in [1.165, 1.54) is 4.31 Å². The molecule has 0 fully saturated rings. The summed E-state index contributed by atoms with van der Waals surface area (Å²) in [4.78, 5) is 0. The minimum atomic E-state index is -3.22. The van der Waals surface area contributed by atoms with Crippen LogP contribution in [0.5, 0.6) is 0 Å². The minimum absolute atomic E-state index is 0.208. The van der Waals surface area contributed by atoms with Crippen LogP contribution in [-0.2, 0) is 10.0 Å². The summed E-state index contributed by atoms with van der Waals surface area (Å²) in [5.74, 6) is 0.208. The molecule has 5 heteroatoms. The Hall–Kier alpha value is -1.07. The first kappa shape index (κ1) is 17.0. The molecule has 0 aliphatic rings. The summed E-state index contributed by atoms with van der Waals surface area (Å²) in [7, 11) is -3.22. The molecule has 0 aliphatic heterocycles. The molecule has 0 atom stereocenters. The Bertz CT molecular complexity index is 483. The number of nitrogens with one attached hydrogen (secondary N) is 1. The lowest BCUT2D eigenvalue weighted by Gasteiger charge is -2.23. The number of aryl methyl sites for hydroxylation is 1. The number of unbranched alkanes of at least 4 members (excludes halogenated alkanes) is 1. The van der Waals surface area contributed by atoms with Gasteiger partial charge in [-0.25, -0.2) is 8.42 Å². The number of sulfonamides is 1. The van der Waals surface area contributed by atoms with Crippen LogP contribution in [0.4, 0.5) is 5.69 Å². The monoisotopic (exact) mass is 298 g/mol. The Labute approximate surface area is 123 Å². The number of hydrogen-bond acceptors (Lipinski definition) is 3. The highest BCUT2D eigenvalue weighted by molar-refractivity contribution is 7.92. The van der Waals surface area contributed by atoms with Crippen molar-refractivity contribution in [1.29, 1.82) is 0 Å². The Morgan fingerprint density at radius 2 is 1.75 bits per heavy atom. The van der Waals surface area contributed by atoms with Crippen molar-refractivity contribution in [3.05, 3.63) is 29.8 Å². The van der Waals surface area contributed by atoms with E-state index in [0.29, 0.717) is 13.0 Å². The van der Waals surface area contributed by atoms with Gasteiger partial charge in [-0.15, -0.1) is 0 Å². The van der Waals surface area contributed by atoms with Gasteiger partial charge in [0, 0.05) is 6.54 Å². The Morgan fingerprint density at radius 3 is 2.30 bits per heavy atom. The van der Waals surface area contributed by atoms with Crippen molar-refractivity contribution in [2.75, 3.05) is 29.7 Å². The molecule has 1 aromatic rings. The molecule has 114 valence electrons. The van der Waals surface area contributed by atoms with Crippen LogP contribution < -0.4 is 9.62 Å². The standard InChI is InChI=1S/C15H26N2O2S/c1-4-16-12-6-7-13-20(18,19)17(5-2)15-10-8-14(3)9-11-15/h8-11,16H,4-7,12-13H2,1-3H3. The van der Waals surface area contributed by atoms with Gasteiger partial charge in [-0.1, -0.05) is 24.6 Å². The quantitative estimate of drug-likeness (QED) is 0.713. The molecule has 1 N–H and O–H groups in total. The van der Waals surface area contributed by atoms with Crippen LogP contribution in [0.25, 0.3) is 0 Å². The summed E-state index contributed by atoms with van der Waals surface area (Å²) >= 11 is 0. The molecule has 0 aliphatic carbocycles. The van der Waals surface area contributed by atoms with Crippen LogP contribution in [-0.4, -0.2) is 33.8 Å². The van der Waals surface area contributed by atoms with Crippen LogP contribution in [0, 0.1) is 6.92 Å². The van der Waals surface area contributed by atoms with Crippen molar-refractivity contribution in [2.24, 2.45) is 0 Å². The third-order valence-electron chi connectivity index (χ3n) is 3.20. The fourth-order valence-corrected chi connectivity index (χ4v) is 3.70. The Kier molecular flexibility index (Phi) is 7.02. The number of nitrogens with zero attached hydrogens (tertiary/aromatic N) is 1. The Morgan fingerprint density at radius 1 is 1.10 bits per heavy atom. The molecule has 1 rings (SSSR count). The van der Waals surface area contributed by atoms with Crippen LogP contribution in [0.1, 0.15) is 32.3 Å². The smallest absolute Gasteiger partial charge is 0.235 e. The fraction of sp³-hybridized carbons (Fsp3) is 0.600. The fourth-order valence-electron chi connectivity index (χ4n) is 2.07. The van der Waals surface area contributed by atoms with Crippen molar-refractivity contribution < 1.29 is 8.42 Å². The van der Waals surface area contributed by atoms with Crippen LogP contribution in [0.2, 0.25) is 0 Å². The van der Waals surface area contributed by atoms with Crippen LogP contribution in [0.3, 0.4) is 0 Å². The summed E-state index contributed by atoms with van der Waals surface area (Å²) in [6, 6.07) is 7.63. The Balaban J connectivity index is 2.65. The van der Waals surface area contributed by atoms with Crippen molar-refractivity contribution in [3.63, 3.8) is 0 Å². The zero-order valence-corrected chi connectivity index (χ0v) is 13.5. The highest BCUT2D eigenvalue weighted by Gasteiger charge is 2.20. The molecule has 0 aromatic heterocycles. The molecule has 4 nitrogen and oxygen atoms in total. The molecule has 0 amide bonds. The maximum atomic E-state index is 12.4. The lowest BCUT2D eigenvalue weighted by molar-refractivity contribution is 0.584.